The molecule has 4 aromatic rings. The zero-order valence-corrected chi connectivity index (χ0v) is 21.4. The van der Waals surface area contributed by atoms with Crippen LogP contribution in [0.1, 0.15) is 65.5 Å². The molecule has 0 aliphatic carbocycles. The van der Waals surface area contributed by atoms with Crippen LogP contribution in [0.2, 0.25) is 0 Å². The normalized spacial score (nSPS) is 12.4. The molecule has 34 heavy (non-hydrogen) atoms. The SMILES string of the molecule is CC(C)(C)c1ccc(-c2ccc(-c3ccc(C(C)(C)C)cc3)c3nn(CCCCO)nc23)cc1. The maximum absolute atomic E-state index is 9.18. The fourth-order valence-corrected chi connectivity index (χ4v) is 4.27. The number of hydrogen-bond acceptors (Lipinski definition) is 3. The summed E-state index contributed by atoms with van der Waals surface area (Å²) in [6, 6.07) is 22.0. The smallest absolute Gasteiger partial charge is 0.121 e. The van der Waals surface area contributed by atoms with E-state index in [1.807, 2.05) is 0 Å². The molecule has 0 amide bonds. The molecular formula is C30H37N3O. The standard InChI is InChI=1S/C30H37N3O/c1-29(2,3)23-13-9-21(10-14-23)25-17-18-26(22-11-15-24(16-12-22)30(4,5)6)28-27(25)31-33(32-28)19-7-8-20-34/h9-18,34H,7-8,19-20H2,1-6H3. The van der Waals surface area contributed by atoms with E-state index in [1.54, 1.807) is 4.80 Å². The lowest BCUT2D eigenvalue weighted by molar-refractivity contribution is 0.278. The highest BCUT2D eigenvalue weighted by atomic mass is 16.2. The third-order valence-electron chi connectivity index (χ3n) is 6.47. The summed E-state index contributed by atoms with van der Waals surface area (Å²) in [5, 5.41) is 19.0. The monoisotopic (exact) mass is 455 g/mol. The first-order valence-corrected chi connectivity index (χ1v) is 12.3. The number of aliphatic hydroxyl groups excluding tert-OH is 1. The molecule has 0 bridgehead atoms. The number of aliphatic hydroxyl groups is 1. The van der Waals surface area contributed by atoms with Crippen LogP contribution < -0.4 is 0 Å². The van der Waals surface area contributed by atoms with E-state index in [1.165, 1.54) is 11.1 Å². The minimum Gasteiger partial charge on any atom is -0.396 e. The predicted molar refractivity (Wildman–Crippen MR) is 142 cm³/mol. The molecule has 0 spiro atoms. The van der Waals surface area contributed by atoms with E-state index in [0.29, 0.717) is 6.54 Å². The largest absolute Gasteiger partial charge is 0.396 e. The summed E-state index contributed by atoms with van der Waals surface area (Å²) in [6.07, 6.45) is 1.60. The Morgan fingerprint density at radius 3 is 1.38 bits per heavy atom. The van der Waals surface area contributed by atoms with Crippen LogP contribution in [0.5, 0.6) is 0 Å². The molecule has 0 saturated heterocycles. The van der Waals surface area contributed by atoms with E-state index in [4.69, 9.17) is 10.2 Å². The fourth-order valence-electron chi connectivity index (χ4n) is 4.27. The van der Waals surface area contributed by atoms with Gasteiger partial charge in [-0.05, 0) is 45.9 Å². The van der Waals surface area contributed by atoms with Crippen LogP contribution in [0.15, 0.2) is 60.7 Å². The molecule has 0 aliphatic heterocycles. The quantitative estimate of drug-likeness (QED) is 0.315. The highest BCUT2D eigenvalue weighted by Gasteiger charge is 2.18. The second-order valence-electron chi connectivity index (χ2n) is 11.2. The first kappa shape index (κ1) is 24.2. The number of hydrogen-bond donors (Lipinski definition) is 1. The van der Waals surface area contributed by atoms with E-state index in [0.717, 1.165) is 46.1 Å². The van der Waals surface area contributed by atoms with Gasteiger partial charge in [0.15, 0.2) is 0 Å². The lowest BCUT2D eigenvalue weighted by atomic mass is 9.85. The number of fused-ring (bicyclic) bond motifs is 1. The van der Waals surface area contributed by atoms with Gasteiger partial charge < -0.3 is 5.11 Å². The Morgan fingerprint density at radius 1 is 0.618 bits per heavy atom. The molecule has 0 saturated carbocycles. The van der Waals surface area contributed by atoms with Crippen molar-refractivity contribution in [2.24, 2.45) is 0 Å². The maximum atomic E-state index is 9.18. The van der Waals surface area contributed by atoms with Gasteiger partial charge in [0.05, 0.1) is 6.54 Å². The molecular weight excluding hydrogens is 418 g/mol. The Morgan fingerprint density at radius 2 is 1.03 bits per heavy atom. The Kier molecular flexibility index (Phi) is 6.64. The van der Waals surface area contributed by atoms with Crippen molar-refractivity contribution in [2.75, 3.05) is 6.61 Å². The predicted octanol–water partition coefficient (Wildman–Crippen LogP) is 7.13. The van der Waals surface area contributed by atoms with Crippen LogP contribution in [-0.2, 0) is 17.4 Å². The highest BCUT2D eigenvalue weighted by Crippen LogP contribution is 2.35. The summed E-state index contributed by atoms with van der Waals surface area (Å²) in [6.45, 7) is 14.3. The van der Waals surface area contributed by atoms with Crippen molar-refractivity contribution in [3.63, 3.8) is 0 Å². The number of nitrogens with zero attached hydrogens (tertiary/aromatic N) is 3. The number of aryl methyl sites for hydroxylation is 1. The average Bonchev–Trinajstić information content (AvgIpc) is 3.22. The zero-order chi connectivity index (χ0) is 24.5. The van der Waals surface area contributed by atoms with E-state index in [9.17, 15) is 5.11 Å². The van der Waals surface area contributed by atoms with Gasteiger partial charge in [-0.2, -0.15) is 15.0 Å². The van der Waals surface area contributed by atoms with Gasteiger partial charge >= 0.3 is 0 Å². The molecule has 4 rings (SSSR count). The van der Waals surface area contributed by atoms with Crippen molar-refractivity contribution in [1.82, 2.24) is 15.0 Å². The molecule has 178 valence electrons. The Labute approximate surface area is 203 Å². The minimum atomic E-state index is 0.118. The summed E-state index contributed by atoms with van der Waals surface area (Å²) in [7, 11) is 0. The van der Waals surface area contributed by atoms with Crippen molar-refractivity contribution in [3.05, 3.63) is 71.8 Å². The van der Waals surface area contributed by atoms with Crippen LogP contribution in [0, 0.1) is 0 Å². The Bertz CT molecular complexity index is 1160. The lowest BCUT2D eigenvalue weighted by Crippen LogP contribution is -2.10. The van der Waals surface area contributed by atoms with E-state index in [2.05, 4.69) is 102 Å². The van der Waals surface area contributed by atoms with Crippen molar-refractivity contribution in [2.45, 2.75) is 71.8 Å². The van der Waals surface area contributed by atoms with Crippen molar-refractivity contribution in [1.29, 1.82) is 0 Å². The first-order chi connectivity index (χ1) is 16.1. The number of unbranched alkanes of at least 4 members (excludes halogenated alkanes) is 1. The van der Waals surface area contributed by atoms with Gasteiger partial charge in [-0.3, -0.25) is 0 Å². The summed E-state index contributed by atoms with van der Waals surface area (Å²) >= 11 is 0. The summed E-state index contributed by atoms with van der Waals surface area (Å²) in [5.41, 5.74) is 9.20. The summed E-state index contributed by atoms with van der Waals surface area (Å²) in [5.74, 6) is 0. The fraction of sp³-hybridized carbons (Fsp3) is 0.400. The van der Waals surface area contributed by atoms with Gasteiger partial charge in [0.25, 0.3) is 0 Å². The summed E-state index contributed by atoms with van der Waals surface area (Å²) in [4.78, 5) is 1.79. The lowest BCUT2D eigenvalue weighted by Gasteiger charge is -2.19. The molecule has 0 aliphatic rings. The second kappa shape index (κ2) is 9.34. The number of rotatable bonds is 6. The highest BCUT2D eigenvalue weighted by molar-refractivity contribution is 6.00. The van der Waals surface area contributed by atoms with Gasteiger partial charge in [0, 0.05) is 17.7 Å². The van der Waals surface area contributed by atoms with Gasteiger partial charge in [-0.25, -0.2) is 0 Å². The topological polar surface area (TPSA) is 50.9 Å². The second-order valence-corrected chi connectivity index (χ2v) is 11.2. The van der Waals surface area contributed by atoms with Gasteiger partial charge in [-0.1, -0.05) is 102 Å². The van der Waals surface area contributed by atoms with Crippen molar-refractivity contribution >= 4 is 11.0 Å². The molecule has 0 atom stereocenters. The van der Waals surface area contributed by atoms with E-state index < -0.39 is 0 Å². The molecule has 4 nitrogen and oxygen atoms in total. The number of aromatic nitrogens is 3. The third-order valence-corrected chi connectivity index (χ3v) is 6.47. The molecule has 4 heteroatoms. The van der Waals surface area contributed by atoms with Crippen LogP contribution in [0.25, 0.3) is 33.3 Å². The van der Waals surface area contributed by atoms with Crippen LogP contribution >= 0.6 is 0 Å². The van der Waals surface area contributed by atoms with E-state index in [-0.39, 0.29) is 17.4 Å². The van der Waals surface area contributed by atoms with Crippen molar-refractivity contribution < 1.29 is 5.11 Å². The Balaban J connectivity index is 1.81. The van der Waals surface area contributed by atoms with Crippen LogP contribution in [-0.4, -0.2) is 26.7 Å². The van der Waals surface area contributed by atoms with E-state index >= 15 is 0 Å². The molecule has 0 radical (unpaired) electrons. The number of benzene rings is 3. The zero-order valence-electron chi connectivity index (χ0n) is 21.4. The first-order valence-electron chi connectivity index (χ1n) is 12.3. The average molecular weight is 456 g/mol. The minimum absolute atomic E-state index is 0.118. The van der Waals surface area contributed by atoms with Gasteiger partial charge in [0.2, 0.25) is 0 Å². The van der Waals surface area contributed by atoms with Gasteiger partial charge in [0.1, 0.15) is 11.0 Å². The molecule has 1 N–H and O–H groups in total. The molecule has 0 fully saturated rings. The molecule has 1 heterocycles. The third kappa shape index (κ3) is 5.07. The van der Waals surface area contributed by atoms with Crippen molar-refractivity contribution in [3.8, 4) is 22.3 Å². The van der Waals surface area contributed by atoms with Crippen LogP contribution in [0.4, 0.5) is 0 Å². The van der Waals surface area contributed by atoms with Gasteiger partial charge in [-0.15, -0.1) is 0 Å². The Hall–Kier alpha value is -2.98. The molecule has 0 unspecified atom stereocenters. The maximum Gasteiger partial charge on any atom is 0.121 e. The molecule has 3 aromatic carbocycles. The molecule has 1 aromatic heterocycles. The summed E-state index contributed by atoms with van der Waals surface area (Å²) < 4.78 is 0. The van der Waals surface area contributed by atoms with Crippen LogP contribution in [0.3, 0.4) is 0 Å².